The Labute approximate surface area is 247 Å². The van der Waals surface area contributed by atoms with E-state index in [2.05, 4.69) is 140 Å². The summed E-state index contributed by atoms with van der Waals surface area (Å²) in [5.41, 5.74) is 2.49. The van der Waals surface area contributed by atoms with Crippen LogP contribution < -0.4 is 10.2 Å². The predicted molar refractivity (Wildman–Crippen MR) is 156 cm³/mol. The van der Waals surface area contributed by atoms with Crippen molar-refractivity contribution in [3.05, 3.63) is 163 Å². The molecule has 38 heavy (non-hydrogen) atoms. The molecule has 0 aliphatic heterocycles. The Balaban J connectivity index is 0.000000259. The standard InChI is InChI=1S/C13H11.2C9H7.2C2H5O.Zr/c1-3-7-12(8-4-1)11-13-9-5-2-6-10-13;2*1-2-5-9-7-3-6-8(9)4-1;2*1-2-3;/h1-11H;2*1-7H;2*2H2,1H3;/q5*-1;+2. The smallest absolute Gasteiger partial charge is 0.855 e. The summed E-state index contributed by atoms with van der Waals surface area (Å²) in [6.07, 6.45) is 2.17. The Morgan fingerprint density at radius 2 is 0.816 bits per heavy atom. The van der Waals surface area contributed by atoms with Crippen LogP contribution in [0.15, 0.2) is 146 Å². The minimum Gasteiger partial charge on any atom is -0.855 e. The molecule has 0 N–H and O–H groups in total. The number of hydrogen-bond acceptors (Lipinski definition) is 2. The van der Waals surface area contributed by atoms with Gasteiger partial charge < -0.3 is 10.2 Å². The molecule has 3 heteroatoms. The maximum atomic E-state index is 8.93. The van der Waals surface area contributed by atoms with E-state index in [1.165, 1.54) is 32.7 Å². The first-order valence-corrected chi connectivity index (χ1v) is 12.5. The predicted octanol–water partition coefficient (Wildman–Crippen LogP) is 7.14. The summed E-state index contributed by atoms with van der Waals surface area (Å²) in [5, 5.41) is 23.2. The maximum absolute atomic E-state index is 8.93. The molecule has 0 aliphatic carbocycles. The first kappa shape index (κ1) is 32.8. The molecule has 6 aromatic rings. The van der Waals surface area contributed by atoms with Gasteiger partial charge in [-0.1, -0.05) is 62.4 Å². The van der Waals surface area contributed by atoms with E-state index in [0.29, 0.717) is 0 Å². The van der Waals surface area contributed by atoms with Crippen molar-refractivity contribution in [2.24, 2.45) is 0 Å². The normalized spacial score (nSPS) is 9.05. The zero-order valence-electron chi connectivity index (χ0n) is 22.2. The van der Waals surface area contributed by atoms with E-state index in [-0.39, 0.29) is 39.4 Å². The van der Waals surface area contributed by atoms with Crippen LogP contribution in [0.4, 0.5) is 0 Å². The largest absolute Gasteiger partial charge is 2.00 e. The molecule has 0 bridgehead atoms. The third-order valence-corrected chi connectivity index (χ3v) is 5.03. The number of rotatable bonds is 2. The molecule has 2 nitrogen and oxygen atoms in total. The van der Waals surface area contributed by atoms with E-state index in [1.807, 2.05) is 12.1 Å². The summed E-state index contributed by atoms with van der Waals surface area (Å²) in [6, 6.07) is 50.0. The fourth-order valence-electron chi connectivity index (χ4n) is 3.43. The molecule has 6 aromatic carbocycles. The summed E-state index contributed by atoms with van der Waals surface area (Å²) in [5.74, 6) is 0. The Bertz CT molecular complexity index is 1170. The van der Waals surface area contributed by atoms with Crippen LogP contribution in [0.1, 0.15) is 25.0 Å². The molecule has 0 heterocycles. The molecule has 0 aliphatic rings. The van der Waals surface area contributed by atoms with Gasteiger partial charge in [0.2, 0.25) is 0 Å². The van der Waals surface area contributed by atoms with Gasteiger partial charge in [-0.25, -0.2) is 0 Å². The zero-order chi connectivity index (χ0) is 26.6. The number of hydrogen-bond donors (Lipinski definition) is 0. The van der Waals surface area contributed by atoms with Crippen LogP contribution in [0.5, 0.6) is 0 Å². The molecule has 0 fully saturated rings. The Hall–Kier alpha value is -3.23. The van der Waals surface area contributed by atoms with Crippen molar-refractivity contribution in [2.45, 2.75) is 13.8 Å². The van der Waals surface area contributed by atoms with Gasteiger partial charge in [0.25, 0.3) is 0 Å². The molecule has 0 spiro atoms. The Morgan fingerprint density at radius 1 is 0.500 bits per heavy atom. The molecule has 0 aromatic heterocycles. The van der Waals surface area contributed by atoms with Crippen LogP contribution in [0.2, 0.25) is 0 Å². The van der Waals surface area contributed by atoms with Gasteiger partial charge in [0.15, 0.2) is 0 Å². The Morgan fingerprint density at radius 3 is 1.16 bits per heavy atom. The molecule has 0 unspecified atom stereocenters. The monoisotopic (exact) mass is 577 g/mol. The van der Waals surface area contributed by atoms with Crippen molar-refractivity contribution in [1.82, 2.24) is 0 Å². The van der Waals surface area contributed by atoms with Crippen molar-refractivity contribution in [3.63, 3.8) is 0 Å². The number of fused-ring (bicyclic) bond motifs is 2. The van der Waals surface area contributed by atoms with Gasteiger partial charge in [-0.05, 0) is 0 Å². The molecular weight excluding hydrogens is 544 g/mol. The minimum atomic E-state index is 0. The molecule has 0 radical (unpaired) electrons. The van der Waals surface area contributed by atoms with Gasteiger partial charge >= 0.3 is 26.2 Å². The topological polar surface area (TPSA) is 46.1 Å². The average molecular weight is 579 g/mol. The fraction of sp³-hybridized carbons (Fsp3) is 0.114. The van der Waals surface area contributed by atoms with Gasteiger partial charge in [0.1, 0.15) is 0 Å². The quantitative estimate of drug-likeness (QED) is 0.205. The molecule has 194 valence electrons. The summed E-state index contributed by atoms with van der Waals surface area (Å²) < 4.78 is 0. The van der Waals surface area contributed by atoms with Crippen molar-refractivity contribution in [3.8, 4) is 0 Å². The van der Waals surface area contributed by atoms with E-state index in [4.69, 9.17) is 10.2 Å². The van der Waals surface area contributed by atoms with Crippen LogP contribution in [-0.2, 0) is 26.2 Å². The third-order valence-electron chi connectivity index (χ3n) is 5.03. The maximum Gasteiger partial charge on any atom is 2.00 e. The van der Waals surface area contributed by atoms with Gasteiger partial charge in [-0.2, -0.15) is 35.0 Å². The van der Waals surface area contributed by atoms with Crippen molar-refractivity contribution >= 4 is 21.5 Å². The summed E-state index contributed by atoms with van der Waals surface area (Å²) in [6.45, 7) is 3.14. The van der Waals surface area contributed by atoms with Crippen LogP contribution >= 0.6 is 0 Å². The van der Waals surface area contributed by atoms with E-state index >= 15 is 0 Å². The zero-order valence-corrected chi connectivity index (χ0v) is 24.6. The summed E-state index contributed by atoms with van der Waals surface area (Å²) in [7, 11) is 0. The van der Waals surface area contributed by atoms with Crippen LogP contribution in [0.25, 0.3) is 21.5 Å². The first-order chi connectivity index (χ1) is 18.2. The van der Waals surface area contributed by atoms with Crippen molar-refractivity contribution in [2.75, 3.05) is 13.2 Å². The van der Waals surface area contributed by atoms with Crippen LogP contribution in [0.3, 0.4) is 0 Å². The van der Waals surface area contributed by atoms with E-state index < -0.39 is 0 Å². The minimum absolute atomic E-state index is 0. The first-order valence-electron chi connectivity index (χ1n) is 12.5. The molecule has 0 atom stereocenters. The summed E-state index contributed by atoms with van der Waals surface area (Å²) >= 11 is 0. The second kappa shape index (κ2) is 20.8. The molecular formula is C35H35O2Zr-3. The second-order valence-corrected chi connectivity index (χ2v) is 7.85. The van der Waals surface area contributed by atoms with Gasteiger partial charge in [-0.15, -0.1) is 114 Å². The fourth-order valence-corrected chi connectivity index (χ4v) is 3.43. The molecule has 0 saturated heterocycles. The SMILES string of the molecule is CC[O-].CC[O-].[Zr+2].c1ccc([CH-]c2ccccc2)cc1.c1ccc2[cH-]ccc2c1.c1ccc2[cH-]ccc2c1. The molecule has 6 rings (SSSR count). The molecule has 0 saturated carbocycles. The third kappa shape index (κ3) is 12.8. The van der Waals surface area contributed by atoms with Gasteiger partial charge in [-0.3, -0.25) is 0 Å². The van der Waals surface area contributed by atoms with E-state index in [1.54, 1.807) is 13.8 Å². The average Bonchev–Trinajstić information content (AvgIpc) is 3.61. The van der Waals surface area contributed by atoms with E-state index in [9.17, 15) is 0 Å². The Kier molecular flexibility index (Phi) is 17.9. The van der Waals surface area contributed by atoms with Crippen LogP contribution in [-0.4, -0.2) is 13.2 Å². The van der Waals surface area contributed by atoms with Gasteiger partial charge in [0, 0.05) is 0 Å². The van der Waals surface area contributed by atoms with Crippen molar-refractivity contribution < 1.29 is 36.4 Å². The van der Waals surface area contributed by atoms with Crippen LogP contribution in [0, 0.1) is 6.42 Å². The number of benzene rings is 4. The van der Waals surface area contributed by atoms with Gasteiger partial charge in [0.05, 0.1) is 0 Å². The molecule has 0 amide bonds. The second-order valence-electron chi connectivity index (χ2n) is 7.85. The van der Waals surface area contributed by atoms with Crippen molar-refractivity contribution in [1.29, 1.82) is 0 Å². The summed E-state index contributed by atoms with van der Waals surface area (Å²) in [4.78, 5) is 0. The van der Waals surface area contributed by atoms with E-state index in [0.717, 1.165) is 0 Å².